The van der Waals surface area contributed by atoms with Crippen LogP contribution in [0.25, 0.3) is 11.4 Å². The minimum atomic E-state index is -4.03. The monoisotopic (exact) mass is 484 g/mol. The molecule has 0 unspecified atom stereocenters. The zero-order valence-corrected chi connectivity index (χ0v) is 18.4. The van der Waals surface area contributed by atoms with Gasteiger partial charge in [-0.25, -0.2) is 8.42 Å². The summed E-state index contributed by atoms with van der Waals surface area (Å²) < 4.78 is 55.2. The molecule has 0 aliphatic heterocycles. The molecule has 0 spiro atoms. The van der Waals surface area contributed by atoms with Crippen LogP contribution in [0.3, 0.4) is 0 Å². The number of amides is 1. The Balaban J connectivity index is 1.57. The van der Waals surface area contributed by atoms with E-state index >= 15 is 0 Å². The zero-order valence-electron chi connectivity index (χ0n) is 16.8. The number of hydrogen-bond acceptors (Lipinski definition) is 6. The molecule has 0 aliphatic rings. The number of benzene rings is 2. The fourth-order valence-corrected chi connectivity index (χ4v) is 4.28. The molecule has 3 aromatic rings. The molecular formula is C20H19ClF2N4O4S. The third kappa shape index (κ3) is 6.01. The van der Waals surface area contributed by atoms with Crippen LogP contribution in [0.5, 0.6) is 5.75 Å². The van der Waals surface area contributed by atoms with Crippen molar-refractivity contribution in [1.29, 1.82) is 0 Å². The number of nitrogens with zero attached hydrogens (tertiary/aromatic N) is 3. The average Bonchev–Trinajstić information content (AvgIpc) is 3.11. The number of nitrogens with one attached hydrogen (secondary N) is 1. The lowest BCUT2D eigenvalue weighted by Crippen LogP contribution is -2.32. The quantitative estimate of drug-likeness (QED) is 0.501. The molecule has 170 valence electrons. The van der Waals surface area contributed by atoms with Gasteiger partial charge in [0.25, 0.3) is 0 Å². The normalized spacial score (nSPS) is 11.5. The lowest BCUT2D eigenvalue weighted by Gasteiger charge is -2.08. The molecule has 0 atom stereocenters. The van der Waals surface area contributed by atoms with Gasteiger partial charge in [-0.1, -0.05) is 23.7 Å². The van der Waals surface area contributed by atoms with Crippen LogP contribution in [0.15, 0.2) is 53.7 Å². The maximum atomic E-state index is 12.6. The number of alkyl halides is 2. The van der Waals surface area contributed by atoms with Crippen LogP contribution in [0.1, 0.15) is 5.56 Å². The van der Waals surface area contributed by atoms with Crippen molar-refractivity contribution < 1.29 is 26.7 Å². The summed E-state index contributed by atoms with van der Waals surface area (Å²) in [5.74, 6) is -1.14. The van der Waals surface area contributed by atoms with Crippen LogP contribution in [-0.4, -0.2) is 48.0 Å². The Morgan fingerprint density at radius 1 is 1.12 bits per heavy atom. The Kier molecular flexibility index (Phi) is 7.41. The Morgan fingerprint density at radius 2 is 1.78 bits per heavy atom. The van der Waals surface area contributed by atoms with Crippen LogP contribution < -0.4 is 10.1 Å². The first-order valence-corrected chi connectivity index (χ1v) is 11.4. The molecule has 2 aromatic carbocycles. The molecule has 0 fully saturated rings. The van der Waals surface area contributed by atoms with Gasteiger partial charge < -0.3 is 14.6 Å². The molecule has 1 N–H and O–H groups in total. The SMILES string of the molecule is Cn1c(-c2ccc(Cl)cc2)nnc1S(=O)(=O)CC(=O)NCCc1ccc(OC(F)F)cc1. The van der Waals surface area contributed by atoms with Crippen LogP contribution >= 0.6 is 11.6 Å². The Hall–Kier alpha value is -3.05. The van der Waals surface area contributed by atoms with E-state index < -0.39 is 28.1 Å². The van der Waals surface area contributed by atoms with E-state index in [1.807, 2.05) is 0 Å². The predicted octanol–water partition coefficient (Wildman–Crippen LogP) is 2.87. The average molecular weight is 485 g/mol. The van der Waals surface area contributed by atoms with Gasteiger partial charge in [-0.05, 0) is 48.4 Å². The Bertz CT molecular complexity index is 1180. The molecule has 32 heavy (non-hydrogen) atoms. The van der Waals surface area contributed by atoms with E-state index in [2.05, 4.69) is 20.3 Å². The van der Waals surface area contributed by atoms with E-state index in [4.69, 9.17) is 11.6 Å². The number of ether oxygens (including phenoxy) is 1. The smallest absolute Gasteiger partial charge is 0.387 e. The molecule has 3 rings (SSSR count). The molecule has 0 saturated heterocycles. The number of halogens is 3. The van der Waals surface area contributed by atoms with E-state index in [-0.39, 0.29) is 17.5 Å². The third-order valence-electron chi connectivity index (χ3n) is 4.42. The van der Waals surface area contributed by atoms with Crippen LogP contribution in [0.2, 0.25) is 5.02 Å². The van der Waals surface area contributed by atoms with Crippen molar-refractivity contribution in [2.75, 3.05) is 12.3 Å². The van der Waals surface area contributed by atoms with Gasteiger partial charge in [0, 0.05) is 24.2 Å². The first-order valence-electron chi connectivity index (χ1n) is 9.34. The van der Waals surface area contributed by atoms with Crippen molar-refractivity contribution in [1.82, 2.24) is 20.1 Å². The number of rotatable bonds is 9. The molecule has 12 heteroatoms. The number of carbonyl (C=O) groups is 1. The van der Waals surface area contributed by atoms with Gasteiger partial charge in [-0.15, -0.1) is 10.2 Å². The predicted molar refractivity (Wildman–Crippen MR) is 113 cm³/mol. The molecule has 1 aromatic heterocycles. The molecule has 0 saturated carbocycles. The molecule has 0 radical (unpaired) electrons. The molecule has 1 heterocycles. The van der Waals surface area contributed by atoms with E-state index in [1.165, 1.54) is 23.7 Å². The largest absolute Gasteiger partial charge is 0.435 e. The van der Waals surface area contributed by atoms with E-state index in [0.717, 1.165) is 5.56 Å². The van der Waals surface area contributed by atoms with Crippen molar-refractivity contribution in [2.24, 2.45) is 7.05 Å². The minimum absolute atomic E-state index is 0.0283. The second kappa shape index (κ2) is 10.0. The zero-order chi connectivity index (χ0) is 23.3. The van der Waals surface area contributed by atoms with Crippen LogP contribution in [-0.2, 0) is 28.1 Å². The number of aromatic nitrogens is 3. The summed E-state index contributed by atoms with van der Waals surface area (Å²) in [6.45, 7) is -2.74. The molecule has 0 bridgehead atoms. The minimum Gasteiger partial charge on any atom is -0.435 e. The van der Waals surface area contributed by atoms with E-state index in [1.54, 1.807) is 36.4 Å². The summed E-state index contributed by atoms with van der Waals surface area (Å²) in [5.41, 5.74) is 1.39. The highest BCUT2D eigenvalue weighted by Crippen LogP contribution is 2.21. The Labute approximate surface area is 188 Å². The summed E-state index contributed by atoms with van der Waals surface area (Å²) in [7, 11) is -2.54. The second-order valence-electron chi connectivity index (χ2n) is 6.75. The maximum Gasteiger partial charge on any atom is 0.387 e. The molecular weight excluding hydrogens is 466 g/mol. The topological polar surface area (TPSA) is 103 Å². The first kappa shape index (κ1) is 23.6. The molecule has 8 nitrogen and oxygen atoms in total. The summed E-state index contributed by atoms with van der Waals surface area (Å²) in [6, 6.07) is 12.6. The van der Waals surface area contributed by atoms with Crippen LogP contribution in [0.4, 0.5) is 8.78 Å². The van der Waals surface area contributed by atoms with Gasteiger partial charge in [-0.3, -0.25) is 4.79 Å². The van der Waals surface area contributed by atoms with Gasteiger partial charge >= 0.3 is 6.61 Å². The van der Waals surface area contributed by atoms with Gasteiger partial charge in [0.05, 0.1) is 0 Å². The fourth-order valence-electron chi connectivity index (χ4n) is 2.91. The van der Waals surface area contributed by atoms with Gasteiger partial charge in [-0.2, -0.15) is 8.78 Å². The van der Waals surface area contributed by atoms with Crippen molar-refractivity contribution >= 4 is 27.3 Å². The lowest BCUT2D eigenvalue weighted by atomic mass is 10.1. The van der Waals surface area contributed by atoms with Crippen molar-refractivity contribution in [3.8, 4) is 17.1 Å². The van der Waals surface area contributed by atoms with Crippen LogP contribution in [0, 0.1) is 0 Å². The Morgan fingerprint density at radius 3 is 2.41 bits per heavy atom. The lowest BCUT2D eigenvalue weighted by molar-refractivity contribution is -0.118. The summed E-state index contributed by atoms with van der Waals surface area (Å²) in [4.78, 5) is 12.2. The highest BCUT2D eigenvalue weighted by atomic mass is 35.5. The number of sulfone groups is 1. The van der Waals surface area contributed by atoms with Gasteiger partial charge in [0.15, 0.2) is 5.82 Å². The first-order chi connectivity index (χ1) is 15.2. The van der Waals surface area contributed by atoms with Crippen molar-refractivity contribution in [3.05, 3.63) is 59.1 Å². The highest BCUT2D eigenvalue weighted by molar-refractivity contribution is 7.91. The second-order valence-corrected chi connectivity index (χ2v) is 9.07. The van der Waals surface area contributed by atoms with E-state index in [9.17, 15) is 22.0 Å². The summed E-state index contributed by atoms with van der Waals surface area (Å²) >= 11 is 5.86. The highest BCUT2D eigenvalue weighted by Gasteiger charge is 2.26. The fraction of sp³-hybridized carbons (Fsp3) is 0.250. The van der Waals surface area contributed by atoms with Crippen molar-refractivity contribution in [3.63, 3.8) is 0 Å². The summed E-state index contributed by atoms with van der Waals surface area (Å²) in [5, 5.41) is 10.4. The molecule has 0 aliphatic carbocycles. The standard InChI is InChI=1S/C20H19ClF2N4O4S/c1-27-18(14-4-6-15(21)7-5-14)25-26-20(27)32(29,30)12-17(28)24-11-10-13-2-8-16(9-3-13)31-19(22)23/h2-9,19H,10-12H2,1H3,(H,24,28). The van der Waals surface area contributed by atoms with Crippen molar-refractivity contribution in [2.45, 2.75) is 18.2 Å². The molecule has 1 amide bonds. The van der Waals surface area contributed by atoms with Gasteiger partial charge in [0.2, 0.25) is 20.9 Å². The third-order valence-corrected chi connectivity index (χ3v) is 6.23. The van der Waals surface area contributed by atoms with Gasteiger partial charge in [0.1, 0.15) is 11.5 Å². The number of carbonyl (C=O) groups excluding carboxylic acids is 1. The maximum absolute atomic E-state index is 12.6. The summed E-state index contributed by atoms with van der Waals surface area (Å²) in [6.07, 6.45) is 0.380. The number of hydrogen-bond donors (Lipinski definition) is 1. The van der Waals surface area contributed by atoms with E-state index in [0.29, 0.717) is 22.8 Å².